The van der Waals surface area contributed by atoms with E-state index in [1.54, 1.807) is 41.0 Å². The molecular formula is C25H24Cl2N4O4. The number of rotatable bonds is 7. The molecular weight excluding hydrogens is 491 g/mol. The third-order valence-corrected chi connectivity index (χ3v) is 6.72. The van der Waals surface area contributed by atoms with E-state index in [-0.39, 0.29) is 37.3 Å². The maximum atomic E-state index is 13.8. The van der Waals surface area contributed by atoms with Crippen molar-refractivity contribution in [2.24, 2.45) is 0 Å². The Labute approximate surface area is 212 Å². The van der Waals surface area contributed by atoms with Crippen LogP contribution in [0.1, 0.15) is 35.3 Å². The minimum Gasteiger partial charge on any atom is -0.425 e. The number of halogens is 2. The third kappa shape index (κ3) is 4.61. The van der Waals surface area contributed by atoms with E-state index in [1.165, 1.54) is 4.90 Å². The van der Waals surface area contributed by atoms with Gasteiger partial charge in [0.25, 0.3) is 11.8 Å². The molecule has 0 unspecified atom stereocenters. The zero-order valence-corrected chi connectivity index (χ0v) is 20.4. The smallest absolute Gasteiger partial charge is 0.304 e. The number of aromatic nitrogens is 2. The van der Waals surface area contributed by atoms with Crippen LogP contribution in [0.5, 0.6) is 11.8 Å². The second kappa shape index (κ2) is 9.89. The maximum absolute atomic E-state index is 13.8. The van der Waals surface area contributed by atoms with E-state index >= 15 is 0 Å². The number of fused-ring (bicyclic) bond motifs is 3. The van der Waals surface area contributed by atoms with Crippen molar-refractivity contribution in [3.63, 3.8) is 0 Å². The lowest BCUT2D eigenvalue weighted by atomic mass is 10.2. The van der Waals surface area contributed by atoms with Gasteiger partial charge in [-0.05, 0) is 55.2 Å². The molecule has 3 heterocycles. The van der Waals surface area contributed by atoms with E-state index in [1.807, 2.05) is 17.0 Å². The van der Waals surface area contributed by atoms with E-state index < -0.39 is 11.9 Å². The highest BCUT2D eigenvalue weighted by molar-refractivity contribution is 6.30. The SMILES string of the molecule is O=C1c2c(nc(Oc3cccc(Cl)c3)n2Cc2ccc(Cl)cc2)N2CCC[C@H]2C(=O)N1CCCO. The van der Waals surface area contributed by atoms with E-state index in [4.69, 9.17) is 32.9 Å². The standard InChI is InChI=1S/C25H24Cl2N4O4/c26-17-9-7-16(8-10-17)15-31-21-22(28-25(31)35-19-5-1-4-18(27)14-19)29-11-2-6-20(29)23(33)30(24(21)34)12-3-13-32/h1,4-5,7-10,14,20,32H,2-3,6,11-13,15H2/t20-/m0/s1. The Morgan fingerprint density at radius 1 is 1.09 bits per heavy atom. The number of imide groups is 1. The van der Waals surface area contributed by atoms with E-state index in [0.29, 0.717) is 41.0 Å². The van der Waals surface area contributed by atoms with Gasteiger partial charge in [-0.2, -0.15) is 4.98 Å². The summed E-state index contributed by atoms with van der Waals surface area (Å²) in [5.74, 6) is 0.210. The van der Waals surface area contributed by atoms with Crippen molar-refractivity contribution >= 4 is 40.8 Å². The molecule has 10 heteroatoms. The minimum absolute atomic E-state index is 0.120. The first kappa shape index (κ1) is 23.7. The molecule has 0 radical (unpaired) electrons. The van der Waals surface area contributed by atoms with Crippen molar-refractivity contribution in [3.05, 3.63) is 69.8 Å². The topological polar surface area (TPSA) is 87.9 Å². The summed E-state index contributed by atoms with van der Waals surface area (Å²) in [5.41, 5.74) is 1.17. The lowest BCUT2D eigenvalue weighted by molar-refractivity contribution is -0.129. The number of aliphatic hydroxyl groups excluding tert-OH is 1. The highest BCUT2D eigenvalue weighted by Gasteiger charge is 2.45. The molecule has 8 nitrogen and oxygen atoms in total. The van der Waals surface area contributed by atoms with Gasteiger partial charge in [0.15, 0.2) is 11.5 Å². The van der Waals surface area contributed by atoms with Gasteiger partial charge in [-0.15, -0.1) is 0 Å². The number of aliphatic hydroxyl groups is 1. The predicted molar refractivity (Wildman–Crippen MR) is 132 cm³/mol. The molecule has 2 aliphatic rings. The molecule has 5 rings (SSSR count). The summed E-state index contributed by atoms with van der Waals surface area (Å²) in [7, 11) is 0. The van der Waals surface area contributed by atoms with Gasteiger partial charge in [0.05, 0.1) is 6.54 Å². The summed E-state index contributed by atoms with van der Waals surface area (Å²) in [6.07, 6.45) is 1.75. The molecule has 0 aliphatic carbocycles. The summed E-state index contributed by atoms with van der Waals surface area (Å²) in [6, 6.07) is 14.0. The minimum atomic E-state index is -0.475. The molecule has 35 heavy (non-hydrogen) atoms. The number of anilines is 1. The second-order valence-electron chi connectivity index (χ2n) is 8.56. The van der Waals surface area contributed by atoms with Gasteiger partial charge in [-0.1, -0.05) is 41.4 Å². The Balaban J connectivity index is 1.65. The lowest BCUT2D eigenvalue weighted by Crippen LogP contribution is -2.46. The zero-order valence-electron chi connectivity index (χ0n) is 18.9. The summed E-state index contributed by atoms with van der Waals surface area (Å²) >= 11 is 12.2. The van der Waals surface area contributed by atoms with Crippen LogP contribution in [0.25, 0.3) is 0 Å². The number of amides is 2. The molecule has 182 valence electrons. The third-order valence-electron chi connectivity index (χ3n) is 6.24. The molecule has 2 amide bonds. The van der Waals surface area contributed by atoms with Gasteiger partial charge in [-0.25, -0.2) is 0 Å². The highest BCUT2D eigenvalue weighted by atomic mass is 35.5. The van der Waals surface area contributed by atoms with Crippen LogP contribution >= 0.6 is 23.2 Å². The largest absolute Gasteiger partial charge is 0.425 e. The van der Waals surface area contributed by atoms with E-state index in [2.05, 4.69) is 0 Å². The van der Waals surface area contributed by atoms with Crippen molar-refractivity contribution < 1.29 is 19.4 Å². The lowest BCUT2D eigenvalue weighted by Gasteiger charge is -2.24. The summed E-state index contributed by atoms with van der Waals surface area (Å²) in [6.45, 7) is 0.904. The quantitative estimate of drug-likeness (QED) is 0.471. The fraction of sp³-hybridized carbons (Fsp3) is 0.320. The highest BCUT2D eigenvalue weighted by Crippen LogP contribution is 2.38. The van der Waals surface area contributed by atoms with Gasteiger partial charge in [0, 0.05) is 29.7 Å². The molecule has 2 aromatic carbocycles. The Bertz CT molecular complexity index is 1260. The number of benzene rings is 2. The second-order valence-corrected chi connectivity index (χ2v) is 9.44. The maximum Gasteiger partial charge on any atom is 0.304 e. The van der Waals surface area contributed by atoms with Crippen LogP contribution in [0, 0.1) is 0 Å². The number of hydrogen-bond acceptors (Lipinski definition) is 6. The van der Waals surface area contributed by atoms with Gasteiger partial charge < -0.3 is 14.7 Å². The number of hydrogen-bond donors (Lipinski definition) is 1. The van der Waals surface area contributed by atoms with Crippen LogP contribution in [-0.4, -0.2) is 57.1 Å². The van der Waals surface area contributed by atoms with Crippen LogP contribution < -0.4 is 9.64 Å². The average Bonchev–Trinajstić information content (AvgIpc) is 3.44. The number of carbonyl (C=O) groups excluding carboxylic acids is 2. The Hall–Kier alpha value is -3.07. The Morgan fingerprint density at radius 3 is 2.63 bits per heavy atom. The molecule has 3 aromatic rings. The number of nitrogens with zero attached hydrogens (tertiary/aromatic N) is 4. The van der Waals surface area contributed by atoms with Gasteiger partial charge in [-0.3, -0.25) is 19.1 Å². The molecule has 0 saturated carbocycles. The van der Waals surface area contributed by atoms with Crippen LogP contribution in [0.2, 0.25) is 10.0 Å². The molecule has 1 aromatic heterocycles. The monoisotopic (exact) mass is 514 g/mol. The molecule has 0 spiro atoms. The van der Waals surface area contributed by atoms with Crippen LogP contribution in [0.3, 0.4) is 0 Å². The Kier molecular flexibility index (Phi) is 6.69. The first-order valence-corrected chi connectivity index (χ1v) is 12.2. The van der Waals surface area contributed by atoms with Gasteiger partial charge >= 0.3 is 6.01 Å². The summed E-state index contributed by atoms with van der Waals surface area (Å²) < 4.78 is 7.84. The van der Waals surface area contributed by atoms with Crippen molar-refractivity contribution in [1.29, 1.82) is 0 Å². The Morgan fingerprint density at radius 2 is 1.89 bits per heavy atom. The number of ether oxygens (including phenoxy) is 1. The van der Waals surface area contributed by atoms with Crippen molar-refractivity contribution in [1.82, 2.24) is 14.5 Å². The van der Waals surface area contributed by atoms with E-state index in [9.17, 15) is 14.7 Å². The van der Waals surface area contributed by atoms with Gasteiger partial charge in [0.2, 0.25) is 0 Å². The molecule has 1 atom stereocenters. The molecule has 1 fully saturated rings. The normalized spacial score (nSPS) is 17.4. The van der Waals surface area contributed by atoms with Gasteiger partial charge in [0.1, 0.15) is 11.8 Å². The number of imidazole rings is 1. The molecule has 0 bridgehead atoms. The predicted octanol–water partition coefficient (Wildman–Crippen LogP) is 4.36. The molecule has 1 saturated heterocycles. The van der Waals surface area contributed by atoms with Crippen molar-refractivity contribution in [2.45, 2.75) is 31.8 Å². The number of carbonyl (C=O) groups is 2. The van der Waals surface area contributed by atoms with Crippen LogP contribution in [0.4, 0.5) is 5.82 Å². The first-order valence-electron chi connectivity index (χ1n) is 11.5. The molecule has 1 N–H and O–H groups in total. The summed E-state index contributed by atoms with van der Waals surface area (Å²) in [4.78, 5) is 35.0. The van der Waals surface area contributed by atoms with Crippen molar-refractivity contribution in [2.75, 3.05) is 24.6 Å². The van der Waals surface area contributed by atoms with Crippen LogP contribution in [0.15, 0.2) is 48.5 Å². The van der Waals surface area contributed by atoms with Crippen LogP contribution in [-0.2, 0) is 11.3 Å². The first-order chi connectivity index (χ1) is 17.0. The molecule has 2 aliphatic heterocycles. The average molecular weight is 515 g/mol. The van der Waals surface area contributed by atoms with E-state index in [0.717, 1.165) is 12.0 Å². The fourth-order valence-corrected chi connectivity index (χ4v) is 4.90. The zero-order chi connectivity index (χ0) is 24.5. The fourth-order valence-electron chi connectivity index (χ4n) is 4.59. The van der Waals surface area contributed by atoms with Crippen molar-refractivity contribution in [3.8, 4) is 11.8 Å². The summed E-state index contributed by atoms with van der Waals surface area (Å²) in [5, 5.41) is 10.5.